The fourth-order valence-electron chi connectivity index (χ4n) is 2.68. The molecule has 2 rings (SSSR count). The first kappa shape index (κ1) is 18.7. The highest BCUT2D eigenvalue weighted by Crippen LogP contribution is 2.25. The van der Waals surface area contributed by atoms with Gasteiger partial charge in [0, 0.05) is 29.1 Å². The van der Waals surface area contributed by atoms with Gasteiger partial charge in [-0.3, -0.25) is 4.79 Å². The molecule has 2 aromatic carbocycles. The lowest BCUT2D eigenvalue weighted by molar-refractivity contribution is -0.131. The van der Waals surface area contributed by atoms with Crippen LogP contribution >= 0.6 is 11.6 Å². The van der Waals surface area contributed by atoms with Gasteiger partial charge < -0.3 is 10.4 Å². The molecule has 5 heteroatoms. The quantitative estimate of drug-likeness (QED) is 0.740. The van der Waals surface area contributed by atoms with Gasteiger partial charge in [-0.2, -0.15) is 0 Å². The topological polar surface area (TPSA) is 66.4 Å². The predicted molar refractivity (Wildman–Crippen MR) is 98.7 cm³/mol. The zero-order valence-electron chi connectivity index (χ0n) is 13.9. The molecule has 1 amide bonds. The summed E-state index contributed by atoms with van der Waals surface area (Å²) in [6.45, 7) is 1.92. The zero-order chi connectivity index (χ0) is 18.2. The Kier molecular flexibility index (Phi) is 6.78. The number of hydrogen-bond acceptors (Lipinski definition) is 2. The number of carboxylic acids is 1. The summed E-state index contributed by atoms with van der Waals surface area (Å²) in [5.41, 5.74) is 2.22. The number of carboxylic acid groups (broad SMARTS) is 1. The summed E-state index contributed by atoms with van der Waals surface area (Å²) >= 11 is 5.94. The normalized spacial score (nSPS) is 13.4. The zero-order valence-corrected chi connectivity index (χ0v) is 14.6. The second-order valence-corrected chi connectivity index (χ2v) is 6.25. The lowest BCUT2D eigenvalue weighted by atomic mass is 9.86. The molecule has 2 atom stereocenters. The average molecular weight is 358 g/mol. The molecule has 0 aliphatic rings. The van der Waals surface area contributed by atoms with Gasteiger partial charge in [0.15, 0.2) is 0 Å². The monoisotopic (exact) mass is 357 g/mol. The molecule has 0 saturated heterocycles. The van der Waals surface area contributed by atoms with E-state index in [0.717, 1.165) is 29.7 Å². The van der Waals surface area contributed by atoms with Crippen LogP contribution in [0.15, 0.2) is 66.7 Å². The third kappa shape index (κ3) is 6.08. The van der Waals surface area contributed by atoms with Crippen LogP contribution in [0.1, 0.15) is 24.0 Å². The molecule has 0 saturated carbocycles. The molecule has 0 bridgehead atoms. The van der Waals surface area contributed by atoms with E-state index < -0.39 is 11.9 Å². The van der Waals surface area contributed by atoms with Crippen LogP contribution in [-0.2, 0) is 16.0 Å². The van der Waals surface area contributed by atoms with Crippen LogP contribution in [0.5, 0.6) is 0 Å². The number of aliphatic carboxylic acids is 1. The maximum Gasteiger partial charge on any atom is 0.328 e. The van der Waals surface area contributed by atoms with E-state index in [1.54, 1.807) is 0 Å². The number of carbonyl (C=O) groups is 2. The Bertz CT molecular complexity index is 741. The van der Waals surface area contributed by atoms with Gasteiger partial charge in [0.2, 0.25) is 5.91 Å². The Balaban J connectivity index is 2.17. The van der Waals surface area contributed by atoms with Crippen LogP contribution < -0.4 is 5.32 Å². The fourth-order valence-corrected chi connectivity index (χ4v) is 2.80. The Hall–Kier alpha value is -2.59. The summed E-state index contributed by atoms with van der Waals surface area (Å²) < 4.78 is 0. The van der Waals surface area contributed by atoms with Crippen molar-refractivity contribution in [2.24, 2.45) is 0 Å². The second kappa shape index (κ2) is 9.04. The van der Waals surface area contributed by atoms with Crippen molar-refractivity contribution in [3.8, 4) is 0 Å². The minimum atomic E-state index is -1.15. The van der Waals surface area contributed by atoms with Crippen molar-refractivity contribution in [3.63, 3.8) is 0 Å². The largest absolute Gasteiger partial charge is 0.478 e. The highest BCUT2D eigenvalue weighted by atomic mass is 35.5. The van der Waals surface area contributed by atoms with Crippen molar-refractivity contribution in [2.45, 2.75) is 25.3 Å². The average Bonchev–Trinajstić information content (AvgIpc) is 2.60. The van der Waals surface area contributed by atoms with Crippen molar-refractivity contribution in [2.75, 3.05) is 0 Å². The van der Waals surface area contributed by atoms with Gasteiger partial charge in [0.1, 0.15) is 0 Å². The van der Waals surface area contributed by atoms with E-state index in [4.69, 9.17) is 16.7 Å². The number of rotatable bonds is 7. The van der Waals surface area contributed by atoms with Gasteiger partial charge in [-0.1, -0.05) is 54.1 Å². The minimum absolute atomic E-state index is 0.0459. The standard InChI is InChI=1S/C20H20ClNO3/c1-14(22-19(23)11-12-20(24)25)18(16-5-3-2-4-6-16)13-15-7-9-17(21)10-8-15/h2-12,14,18H,13H2,1H3,(H,22,23)(H,24,25)/b12-11-. The first-order valence-electron chi connectivity index (χ1n) is 7.96. The van der Waals surface area contributed by atoms with E-state index in [1.165, 1.54) is 0 Å². The predicted octanol–water partition coefficient (Wildman–Crippen LogP) is 3.81. The van der Waals surface area contributed by atoms with Crippen molar-refractivity contribution in [1.82, 2.24) is 5.32 Å². The van der Waals surface area contributed by atoms with E-state index in [0.29, 0.717) is 5.02 Å². The van der Waals surface area contributed by atoms with Crippen molar-refractivity contribution in [1.29, 1.82) is 0 Å². The molecular weight excluding hydrogens is 338 g/mol. The Labute approximate surface area is 152 Å². The molecule has 25 heavy (non-hydrogen) atoms. The van der Waals surface area contributed by atoms with Crippen LogP contribution in [0.2, 0.25) is 5.02 Å². The number of nitrogens with one attached hydrogen (secondary N) is 1. The van der Waals surface area contributed by atoms with Crippen molar-refractivity contribution in [3.05, 3.63) is 82.9 Å². The summed E-state index contributed by atoms with van der Waals surface area (Å²) in [5.74, 6) is -1.53. The van der Waals surface area contributed by atoms with Gasteiger partial charge in [0.05, 0.1) is 0 Å². The molecule has 0 aliphatic carbocycles. The lowest BCUT2D eigenvalue weighted by Crippen LogP contribution is -2.37. The van der Waals surface area contributed by atoms with Gasteiger partial charge >= 0.3 is 5.97 Å². The van der Waals surface area contributed by atoms with Crippen molar-refractivity contribution >= 4 is 23.5 Å². The molecule has 2 unspecified atom stereocenters. The minimum Gasteiger partial charge on any atom is -0.478 e. The van der Waals surface area contributed by atoms with Crippen LogP contribution in [0.25, 0.3) is 0 Å². The molecule has 2 aromatic rings. The number of benzene rings is 2. The van der Waals surface area contributed by atoms with E-state index in [1.807, 2.05) is 61.5 Å². The number of carbonyl (C=O) groups excluding carboxylic acids is 1. The molecule has 0 radical (unpaired) electrons. The summed E-state index contributed by atoms with van der Waals surface area (Å²) in [5, 5.41) is 12.2. The molecule has 0 heterocycles. The molecule has 2 N–H and O–H groups in total. The van der Waals surface area contributed by atoms with Crippen molar-refractivity contribution < 1.29 is 14.7 Å². The molecule has 0 aliphatic heterocycles. The summed E-state index contributed by atoms with van der Waals surface area (Å²) in [7, 11) is 0. The number of hydrogen-bond donors (Lipinski definition) is 2. The van der Waals surface area contributed by atoms with Crippen LogP contribution in [-0.4, -0.2) is 23.0 Å². The van der Waals surface area contributed by atoms with E-state index in [2.05, 4.69) is 5.32 Å². The Morgan fingerprint density at radius 3 is 2.32 bits per heavy atom. The smallest absolute Gasteiger partial charge is 0.328 e. The SMILES string of the molecule is CC(NC(=O)/C=C\C(=O)O)C(Cc1ccc(Cl)cc1)c1ccccc1. The van der Waals surface area contributed by atoms with Gasteiger partial charge in [0.25, 0.3) is 0 Å². The Morgan fingerprint density at radius 2 is 1.72 bits per heavy atom. The highest BCUT2D eigenvalue weighted by Gasteiger charge is 2.21. The summed E-state index contributed by atoms with van der Waals surface area (Å²) in [6.07, 6.45) is 2.59. The molecule has 4 nitrogen and oxygen atoms in total. The van der Waals surface area contributed by atoms with E-state index >= 15 is 0 Å². The summed E-state index contributed by atoms with van der Waals surface area (Å²) in [6, 6.07) is 17.4. The van der Waals surface area contributed by atoms with E-state index in [-0.39, 0.29) is 12.0 Å². The van der Waals surface area contributed by atoms with Gasteiger partial charge in [-0.25, -0.2) is 4.79 Å². The van der Waals surface area contributed by atoms with Gasteiger partial charge in [-0.05, 0) is 36.6 Å². The molecule has 0 spiro atoms. The summed E-state index contributed by atoms with van der Waals surface area (Å²) in [4.78, 5) is 22.4. The van der Waals surface area contributed by atoms with Crippen LogP contribution in [0.4, 0.5) is 0 Å². The van der Waals surface area contributed by atoms with Crippen LogP contribution in [0, 0.1) is 0 Å². The number of halogens is 1. The molecule has 0 fully saturated rings. The third-order valence-electron chi connectivity index (χ3n) is 3.95. The molecule has 130 valence electrons. The number of amides is 1. The second-order valence-electron chi connectivity index (χ2n) is 5.82. The van der Waals surface area contributed by atoms with Gasteiger partial charge in [-0.15, -0.1) is 0 Å². The van der Waals surface area contributed by atoms with E-state index in [9.17, 15) is 9.59 Å². The third-order valence-corrected chi connectivity index (χ3v) is 4.20. The first-order chi connectivity index (χ1) is 12.0. The highest BCUT2D eigenvalue weighted by molar-refractivity contribution is 6.30. The fraction of sp³-hybridized carbons (Fsp3) is 0.200. The first-order valence-corrected chi connectivity index (χ1v) is 8.34. The van der Waals surface area contributed by atoms with Crippen LogP contribution in [0.3, 0.4) is 0 Å². The molecule has 0 aromatic heterocycles. The lowest BCUT2D eigenvalue weighted by Gasteiger charge is -2.25. The Morgan fingerprint density at radius 1 is 1.08 bits per heavy atom. The maximum atomic E-state index is 11.9. The molecular formula is C20H20ClNO3. The maximum absolute atomic E-state index is 11.9.